The Labute approximate surface area is 113 Å². The summed E-state index contributed by atoms with van der Waals surface area (Å²) in [6.07, 6.45) is 0. The van der Waals surface area contributed by atoms with E-state index in [1.54, 1.807) is 0 Å². The van der Waals surface area contributed by atoms with Crippen LogP contribution in [0.25, 0.3) is 0 Å². The highest BCUT2D eigenvalue weighted by Gasteiger charge is 1.98. The van der Waals surface area contributed by atoms with E-state index in [4.69, 9.17) is 14.2 Å². The summed E-state index contributed by atoms with van der Waals surface area (Å²) in [7, 11) is 0. The van der Waals surface area contributed by atoms with Gasteiger partial charge in [-0.2, -0.15) is 0 Å². The first-order chi connectivity index (χ1) is 9.45. The number of hydrogen-bond acceptors (Lipinski definition) is 6. The average molecular weight is 267 g/mol. The highest BCUT2D eigenvalue weighted by Crippen LogP contribution is 2.08. The van der Waals surface area contributed by atoms with Gasteiger partial charge in [0.25, 0.3) is 0 Å². The van der Waals surface area contributed by atoms with E-state index in [9.17, 15) is 0 Å². The molecule has 1 aliphatic rings. The Bertz CT molecular complexity index is 333. The number of rotatable bonds is 0. The molecule has 2 bridgehead atoms. The number of nitrogens with one attached hydrogen (secondary N) is 2. The minimum absolute atomic E-state index is 0.606. The molecule has 6 nitrogen and oxygen atoms in total. The summed E-state index contributed by atoms with van der Waals surface area (Å²) in [6, 6.07) is 5.85. The van der Waals surface area contributed by atoms with Gasteiger partial charge < -0.3 is 24.8 Å². The van der Waals surface area contributed by atoms with Crippen molar-refractivity contribution < 1.29 is 14.2 Å². The molecule has 0 radical (unpaired) electrons. The summed E-state index contributed by atoms with van der Waals surface area (Å²) in [4.78, 5) is 4.44. The zero-order chi connectivity index (χ0) is 13.2. The van der Waals surface area contributed by atoms with Crippen LogP contribution in [0.1, 0.15) is 0 Å². The second-order valence-corrected chi connectivity index (χ2v) is 4.10. The minimum Gasteiger partial charge on any atom is -0.377 e. The molecule has 0 saturated carbocycles. The van der Waals surface area contributed by atoms with Crippen LogP contribution in [0.5, 0.6) is 0 Å². The molecular formula is C13H21N3O3. The monoisotopic (exact) mass is 267 g/mol. The Balaban J connectivity index is 1.84. The molecule has 1 aromatic heterocycles. The fraction of sp³-hybridized carbons (Fsp3) is 0.615. The molecule has 0 amide bonds. The van der Waals surface area contributed by atoms with E-state index in [2.05, 4.69) is 15.6 Å². The van der Waals surface area contributed by atoms with Crippen molar-refractivity contribution in [3.8, 4) is 0 Å². The number of hydrogen-bond donors (Lipinski definition) is 2. The third-order valence-corrected chi connectivity index (χ3v) is 2.60. The van der Waals surface area contributed by atoms with Gasteiger partial charge >= 0.3 is 0 Å². The van der Waals surface area contributed by atoms with Crippen molar-refractivity contribution in [2.75, 3.05) is 63.4 Å². The summed E-state index contributed by atoms with van der Waals surface area (Å²) >= 11 is 0. The van der Waals surface area contributed by atoms with Gasteiger partial charge in [-0.3, -0.25) is 0 Å². The Morgan fingerprint density at radius 3 is 1.74 bits per heavy atom. The third-order valence-electron chi connectivity index (χ3n) is 2.60. The van der Waals surface area contributed by atoms with Gasteiger partial charge in [0.2, 0.25) is 0 Å². The lowest BCUT2D eigenvalue weighted by atomic mass is 10.4. The Morgan fingerprint density at radius 1 is 0.737 bits per heavy atom. The first-order valence-electron chi connectivity index (χ1n) is 6.63. The van der Waals surface area contributed by atoms with Gasteiger partial charge in [-0.25, -0.2) is 4.98 Å². The lowest BCUT2D eigenvalue weighted by molar-refractivity contribution is 0.0183. The summed E-state index contributed by atoms with van der Waals surface area (Å²) in [5, 5.41) is 6.44. The van der Waals surface area contributed by atoms with E-state index in [0.717, 1.165) is 24.7 Å². The van der Waals surface area contributed by atoms with E-state index >= 15 is 0 Å². The normalized spacial score (nSPS) is 19.2. The van der Waals surface area contributed by atoms with Crippen LogP contribution in [0, 0.1) is 0 Å². The van der Waals surface area contributed by atoms with Gasteiger partial charge in [-0.1, -0.05) is 6.07 Å². The Morgan fingerprint density at radius 2 is 1.21 bits per heavy atom. The molecule has 0 unspecified atom stereocenters. The molecule has 0 aliphatic carbocycles. The molecule has 106 valence electrons. The zero-order valence-electron chi connectivity index (χ0n) is 11.1. The van der Waals surface area contributed by atoms with Crippen molar-refractivity contribution in [1.29, 1.82) is 0 Å². The predicted molar refractivity (Wildman–Crippen MR) is 73.7 cm³/mol. The van der Waals surface area contributed by atoms with Crippen LogP contribution in [0.15, 0.2) is 18.2 Å². The SMILES string of the molecule is c1cc2nc(c1)NCCOCCOCCOCCN2. The number of ether oxygens (including phenoxy) is 3. The van der Waals surface area contributed by atoms with E-state index in [0.29, 0.717) is 39.6 Å². The third kappa shape index (κ3) is 5.87. The zero-order valence-corrected chi connectivity index (χ0v) is 11.1. The molecule has 0 atom stereocenters. The van der Waals surface area contributed by atoms with Gasteiger partial charge in [-0.15, -0.1) is 0 Å². The quantitative estimate of drug-likeness (QED) is 0.730. The molecule has 1 aromatic rings. The maximum atomic E-state index is 5.43. The lowest BCUT2D eigenvalue weighted by Crippen LogP contribution is -2.17. The van der Waals surface area contributed by atoms with Crippen molar-refractivity contribution in [2.45, 2.75) is 0 Å². The molecule has 0 spiro atoms. The van der Waals surface area contributed by atoms with E-state index in [1.807, 2.05) is 18.2 Å². The van der Waals surface area contributed by atoms with Crippen LogP contribution < -0.4 is 10.6 Å². The van der Waals surface area contributed by atoms with Crippen molar-refractivity contribution >= 4 is 11.6 Å². The molecule has 1 aliphatic heterocycles. The van der Waals surface area contributed by atoms with Gasteiger partial charge in [0.15, 0.2) is 0 Å². The summed E-state index contributed by atoms with van der Waals surface area (Å²) in [6.45, 7) is 5.18. The fourth-order valence-corrected chi connectivity index (χ4v) is 1.68. The first kappa shape index (κ1) is 14.0. The Hall–Kier alpha value is -1.37. The number of fused-ring (bicyclic) bond motifs is 2. The molecule has 2 heterocycles. The molecular weight excluding hydrogens is 246 g/mol. The first-order valence-corrected chi connectivity index (χ1v) is 6.63. The second kappa shape index (κ2) is 8.68. The average Bonchev–Trinajstić information content (AvgIpc) is 2.43. The van der Waals surface area contributed by atoms with Crippen LogP contribution in [0.3, 0.4) is 0 Å². The molecule has 2 rings (SSSR count). The van der Waals surface area contributed by atoms with Gasteiger partial charge in [0.1, 0.15) is 11.6 Å². The number of aromatic nitrogens is 1. The molecule has 19 heavy (non-hydrogen) atoms. The Kier molecular flexibility index (Phi) is 6.42. The lowest BCUT2D eigenvalue weighted by Gasteiger charge is -2.11. The van der Waals surface area contributed by atoms with E-state index in [1.165, 1.54) is 0 Å². The largest absolute Gasteiger partial charge is 0.377 e. The topological polar surface area (TPSA) is 64.6 Å². The van der Waals surface area contributed by atoms with Crippen molar-refractivity contribution in [1.82, 2.24) is 4.98 Å². The van der Waals surface area contributed by atoms with Crippen molar-refractivity contribution in [2.24, 2.45) is 0 Å². The van der Waals surface area contributed by atoms with Crippen LogP contribution >= 0.6 is 0 Å². The maximum absolute atomic E-state index is 5.43. The second-order valence-electron chi connectivity index (χ2n) is 4.10. The van der Waals surface area contributed by atoms with Gasteiger partial charge in [0, 0.05) is 13.1 Å². The van der Waals surface area contributed by atoms with Crippen LogP contribution in [0.4, 0.5) is 11.6 Å². The number of anilines is 2. The molecule has 6 heteroatoms. The number of nitrogens with zero attached hydrogens (tertiary/aromatic N) is 1. The van der Waals surface area contributed by atoms with Crippen LogP contribution in [-0.2, 0) is 14.2 Å². The van der Waals surface area contributed by atoms with E-state index in [-0.39, 0.29) is 0 Å². The van der Waals surface area contributed by atoms with E-state index < -0.39 is 0 Å². The smallest absolute Gasteiger partial charge is 0.128 e. The number of pyridine rings is 1. The van der Waals surface area contributed by atoms with Crippen molar-refractivity contribution in [3.05, 3.63) is 18.2 Å². The molecule has 2 N–H and O–H groups in total. The standard InChI is InChI=1S/C13H21N3O3/c1-2-12-14-4-6-17-8-10-19-11-9-18-7-5-15-13(3-1)16-12/h1-3H,4-11H2,(H2,14,15,16). The van der Waals surface area contributed by atoms with Gasteiger partial charge in [-0.05, 0) is 12.1 Å². The van der Waals surface area contributed by atoms with Crippen molar-refractivity contribution in [3.63, 3.8) is 0 Å². The summed E-state index contributed by atoms with van der Waals surface area (Å²) < 4.78 is 16.2. The maximum Gasteiger partial charge on any atom is 0.128 e. The predicted octanol–water partition coefficient (Wildman–Crippen LogP) is 0.969. The minimum atomic E-state index is 0.606. The van der Waals surface area contributed by atoms with Crippen LogP contribution in [0.2, 0.25) is 0 Å². The molecule has 0 saturated heterocycles. The molecule has 0 fully saturated rings. The molecule has 0 aromatic carbocycles. The fourth-order valence-electron chi connectivity index (χ4n) is 1.68. The van der Waals surface area contributed by atoms with Gasteiger partial charge in [0.05, 0.1) is 39.6 Å². The highest BCUT2D eigenvalue weighted by molar-refractivity contribution is 5.44. The summed E-state index contributed by atoms with van der Waals surface area (Å²) in [5.41, 5.74) is 0. The summed E-state index contributed by atoms with van der Waals surface area (Å²) in [5.74, 6) is 1.69. The van der Waals surface area contributed by atoms with Crippen LogP contribution in [-0.4, -0.2) is 57.7 Å². The highest BCUT2D eigenvalue weighted by atomic mass is 16.5.